The molecule has 0 aliphatic heterocycles. The third-order valence-electron chi connectivity index (χ3n) is 4.49. The van der Waals surface area contributed by atoms with Crippen molar-refractivity contribution in [3.8, 4) is 5.75 Å². The predicted molar refractivity (Wildman–Crippen MR) is 107 cm³/mol. The Morgan fingerprint density at radius 1 is 1.00 bits per heavy atom. The minimum absolute atomic E-state index is 0.0915. The molecule has 2 aromatic carbocycles. The van der Waals surface area contributed by atoms with Gasteiger partial charge in [0.1, 0.15) is 5.75 Å². The van der Waals surface area contributed by atoms with Crippen molar-refractivity contribution >= 4 is 17.5 Å². The molecule has 8 heteroatoms. The van der Waals surface area contributed by atoms with Crippen LogP contribution < -0.4 is 20.3 Å². The summed E-state index contributed by atoms with van der Waals surface area (Å²) in [6.07, 6.45) is 0. The molecule has 0 spiro atoms. The summed E-state index contributed by atoms with van der Waals surface area (Å²) < 4.78 is 28.9. The molecule has 2 aromatic rings. The average molecular weight is 406 g/mol. The Balaban J connectivity index is 1.91. The van der Waals surface area contributed by atoms with Crippen LogP contribution in [0.15, 0.2) is 48.5 Å². The Kier molecular flexibility index (Phi) is 8.54. The number of hydrogen-bond donors (Lipinski definition) is 3. The van der Waals surface area contributed by atoms with Gasteiger partial charge in [-0.05, 0) is 56.3 Å². The molecule has 0 saturated carbocycles. The fraction of sp³-hybridized carbons (Fsp3) is 0.333. The van der Waals surface area contributed by atoms with Gasteiger partial charge in [-0.15, -0.1) is 0 Å². The Bertz CT molecular complexity index is 809. The third-order valence-corrected chi connectivity index (χ3v) is 4.49. The number of carbonyl (C=O) groups excluding carboxylic acids is 2. The maximum absolute atomic E-state index is 12.3. The monoisotopic (exact) mass is 406 g/mol. The molecule has 2 amide bonds. The van der Waals surface area contributed by atoms with E-state index in [0.29, 0.717) is 17.8 Å². The molecule has 3 N–H and O–H groups in total. The van der Waals surface area contributed by atoms with Gasteiger partial charge in [-0.2, -0.15) is 8.78 Å². The van der Waals surface area contributed by atoms with Gasteiger partial charge >= 0.3 is 6.61 Å². The number of anilines is 1. The third kappa shape index (κ3) is 7.15. The van der Waals surface area contributed by atoms with Gasteiger partial charge in [-0.1, -0.05) is 6.07 Å². The van der Waals surface area contributed by atoms with Crippen molar-refractivity contribution in [2.45, 2.75) is 20.5 Å². The van der Waals surface area contributed by atoms with E-state index >= 15 is 0 Å². The number of amides is 2. The second kappa shape index (κ2) is 11.1. The lowest BCUT2D eigenvalue weighted by molar-refractivity contribution is -0.895. The minimum atomic E-state index is -2.96. The van der Waals surface area contributed by atoms with Gasteiger partial charge in [0.25, 0.3) is 11.8 Å². The highest BCUT2D eigenvalue weighted by Crippen LogP contribution is 2.17. The van der Waals surface area contributed by atoms with Crippen molar-refractivity contribution in [3.05, 3.63) is 59.7 Å². The van der Waals surface area contributed by atoms with Gasteiger partial charge < -0.3 is 20.3 Å². The summed E-state index contributed by atoms with van der Waals surface area (Å²) in [5.41, 5.74) is 1.16. The van der Waals surface area contributed by atoms with Crippen molar-refractivity contribution in [1.29, 1.82) is 0 Å². The smallest absolute Gasteiger partial charge is 0.387 e. The molecule has 0 unspecified atom stereocenters. The van der Waals surface area contributed by atoms with Crippen LogP contribution in [0.1, 0.15) is 34.6 Å². The zero-order valence-corrected chi connectivity index (χ0v) is 16.5. The number of halogens is 2. The molecule has 0 saturated heterocycles. The summed E-state index contributed by atoms with van der Waals surface area (Å²) in [5.74, 6) is -0.735. The molecule has 0 aromatic heterocycles. The number of likely N-dealkylation sites (N-methyl/N-ethyl adjacent to an activating group) is 1. The standard InChI is InChI=1S/C21H25F2N3O3/c1-3-26(4-2)13-12-24-19(27)15-8-10-17(11-9-15)25-20(28)16-6-5-7-18(14-16)29-21(22)23/h5-11,14,21H,3-4,12-13H2,1-2H3,(H,24,27)(H,25,28)/p+1. The first-order valence-electron chi connectivity index (χ1n) is 9.51. The highest BCUT2D eigenvalue weighted by Gasteiger charge is 2.11. The number of benzene rings is 2. The molecule has 6 nitrogen and oxygen atoms in total. The highest BCUT2D eigenvalue weighted by molar-refractivity contribution is 6.04. The average Bonchev–Trinajstić information content (AvgIpc) is 2.71. The van der Waals surface area contributed by atoms with Gasteiger partial charge in [0, 0.05) is 16.8 Å². The molecule has 0 fully saturated rings. The van der Waals surface area contributed by atoms with Crippen LogP contribution in [0.2, 0.25) is 0 Å². The van der Waals surface area contributed by atoms with Gasteiger partial charge in [0.05, 0.1) is 26.2 Å². The molecule has 156 valence electrons. The van der Waals surface area contributed by atoms with Crippen molar-refractivity contribution in [1.82, 2.24) is 5.32 Å². The molecule has 29 heavy (non-hydrogen) atoms. The van der Waals surface area contributed by atoms with Crippen molar-refractivity contribution in [2.75, 3.05) is 31.5 Å². The van der Waals surface area contributed by atoms with Crippen LogP contribution in [0.3, 0.4) is 0 Å². The van der Waals surface area contributed by atoms with E-state index in [-0.39, 0.29) is 17.2 Å². The van der Waals surface area contributed by atoms with Crippen LogP contribution in [0.5, 0.6) is 5.75 Å². The van der Waals surface area contributed by atoms with E-state index in [2.05, 4.69) is 29.2 Å². The first-order chi connectivity index (χ1) is 13.9. The Labute approximate surface area is 168 Å². The predicted octanol–water partition coefficient (Wildman–Crippen LogP) is 2.19. The maximum atomic E-state index is 12.3. The number of nitrogens with one attached hydrogen (secondary N) is 3. The topological polar surface area (TPSA) is 71.9 Å². The summed E-state index contributed by atoms with van der Waals surface area (Å²) in [5, 5.41) is 5.54. The minimum Gasteiger partial charge on any atom is -0.435 e. The molecule has 0 radical (unpaired) electrons. The SMILES string of the molecule is CC[NH+](CC)CCNC(=O)c1ccc(NC(=O)c2cccc(OC(F)F)c2)cc1. The van der Waals surface area contributed by atoms with Gasteiger partial charge in [0.2, 0.25) is 0 Å². The van der Waals surface area contributed by atoms with Crippen molar-refractivity contribution < 1.29 is 28.0 Å². The van der Waals surface area contributed by atoms with E-state index < -0.39 is 12.5 Å². The number of carbonyl (C=O) groups is 2. The van der Waals surface area contributed by atoms with Gasteiger partial charge in [-0.25, -0.2) is 0 Å². The van der Waals surface area contributed by atoms with Crippen LogP contribution in [0.4, 0.5) is 14.5 Å². The largest absolute Gasteiger partial charge is 0.435 e. The Morgan fingerprint density at radius 3 is 2.31 bits per heavy atom. The van der Waals surface area contributed by atoms with Crippen LogP contribution in [-0.2, 0) is 0 Å². The molecule has 0 atom stereocenters. The summed E-state index contributed by atoms with van der Waals surface area (Å²) in [6, 6.07) is 12.0. The zero-order chi connectivity index (χ0) is 21.2. The Morgan fingerprint density at radius 2 is 1.69 bits per heavy atom. The van der Waals surface area contributed by atoms with E-state index in [0.717, 1.165) is 19.6 Å². The number of alkyl halides is 2. The molecular weight excluding hydrogens is 380 g/mol. The van der Waals surface area contributed by atoms with Gasteiger partial charge in [0.15, 0.2) is 0 Å². The lowest BCUT2D eigenvalue weighted by Crippen LogP contribution is -3.12. The zero-order valence-electron chi connectivity index (χ0n) is 16.5. The van der Waals surface area contributed by atoms with Crippen LogP contribution >= 0.6 is 0 Å². The van der Waals surface area contributed by atoms with Crippen LogP contribution in [0, 0.1) is 0 Å². The quantitative estimate of drug-likeness (QED) is 0.567. The second-order valence-corrected chi connectivity index (χ2v) is 6.40. The number of rotatable bonds is 10. The lowest BCUT2D eigenvalue weighted by Gasteiger charge is -2.15. The summed E-state index contributed by atoms with van der Waals surface area (Å²) >= 11 is 0. The molecule has 2 rings (SSSR count). The normalized spacial score (nSPS) is 10.8. The van der Waals surface area contributed by atoms with E-state index in [1.807, 2.05) is 0 Å². The highest BCUT2D eigenvalue weighted by atomic mass is 19.3. The first kappa shape index (κ1) is 22.3. The fourth-order valence-corrected chi connectivity index (χ4v) is 2.78. The van der Waals surface area contributed by atoms with E-state index in [1.165, 1.54) is 29.2 Å². The van der Waals surface area contributed by atoms with Crippen molar-refractivity contribution in [3.63, 3.8) is 0 Å². The van der Waals surface area contributed by atoms with Crippen LogP contribution in [-0.4, -0.2) is 44.6 Å². The molecule has 0 heterocycles. The Hall–Kier alpha value is -3.00. The van der Waals surface area contributed by atoms with E-state index in [1.54, 1.807) is 24.3 Å². The van der Waals surface area contributed by atoms with E-state index in [4.69, 9.17) is 0 Å². The van der Waals surface area contributed by atoms with Crippen molar-refractivity contribution in [2.24, 2.45) is 0 Å². The summed E-state index contributed by atoms with van der Waals surface area (Å²) in [7, 11) is 0. The van der Waals surface area contributed by atoms with Gasteiger partial charge in [-0.3, -0.25) is 9.59 Å². The first-order valence-corrected chi connectivity index (χ1v) is 9.51. The molecule has 0 bridgehead atoms. The molecular formula is C21H26F2N3O3+. The van der Waals surface area contributed by atoms with E-state index in [9.17, 15) is 18.4 Å². The molecule has 0 aliphatic rings. The second-order valence-electron chi connectivity index (χ2n) is 6.40. The van der Waals surface area contributed by atoms with Crippen LogP contribution in [0.25, 0.3) is 0 Å². The summed E-state index contributed by atoms with van der Waals surface area (Å²) in [6.45, 7) is 4.73. The summed E-state index contributed by atoms with van der Waals surface area (Å²) in [4.78, 5) is 25.9. The fourth-order valence-electron chi connectivity index (χ4n) is 2.78. The number of ether oxygens (including phenoxy) is 1. The number of hydrogen-bond acceptors (Lipinski definition) is 3. The maximum Gasteiger partial charge on any atom is 0.387 e. The molecule has 0 aliphatic carbocycles. The lowest BCUT2D eigenvalue weighted by atomic mass is 10.1. The number of quaternary nitrogens is 1.